The number of β-lactam (4-membered cyclic amide) rings is 1. The molecule has 1 saturated heterocycles. The number of benzene rings is 2. The maximum Gasteiger partial charge on any atom is 0.408 e. The van der Waals surface area contributed by atoms with Crippen molar-refractivity contribution in [3.05, 3.63) is 65.7 Å². The van der Waals surface area contributed by atoms with Crippen LogP contribution in [-0.2, 0) is 21.9 Å². The second-order valence-corrected chi connectivity index (χ2v) is 7.19. The number of rotatable bonds is 8. The van der Waals surface area contributed by atoms with E-state index >= 15 is 0 Å². The Bertz CT molecular complexity index is 767. The third-order valence-corrected chi connectivity index (χ3v) is 5.36. The number of hydrogen-bond acceptors (Lipinski definition) is 5. The first kappa shape index (κ1) is 19.1. The van der Waals surface area contributed by atoms with Crippen LogP contribution in [0.25, 0.3) is 0 Å². The van der Waals surface area contributed by atoms with Crippen molar-refractivity contribution in [3.63, 3.8) is 0 Å². The molecule has 2 atom stereocenters. The maximum absolute atomic E-state index is 11.9. The number of thioether (sulfide) groups is 1. The van der Waals surface area contributed by atoms with Crippen molar-refractivity contribution < 1.29 is 19.1 Å². The molecule has 0 aromatic heterocycles. The Morgan fingerprint density at radius 3 is 2.52 bits per heavy atom. The molecule has 2 aromatic carbocycles. The number of methoxy groups -OCH3 is 1. The minimum absolute atomic E-state index is 0.0926. The molecule has 142 valence electrons. The molecular weight excluding hydrogens is 364 g/mol. The Hall–Kier alpha value is -2.67. The zero-order valence-corrected chi connectivity index (χ0v) is 15.8. The van der Waals surface area contributed by atoms with Gasteiger partial charge in [0.2, 0.25) is 5.91 Å². The Balaban J connectivity index is 1.39. The maximum atomic E-state index is 11.9. The number of carbonyl (C=O) groups excluding carboxylic acids is 2. The van der Waals surface area contributed by atoms with Gasteiger partial charge < -0.3 is 20.1 Å². The first-order chi connectivity index (χ1) is 13.2. The van der Waals surface area contributed by atoms with Crippen LogP contribution < -0.4 is 15.4 Å². The van der Waals surface area contributed by atoms with Gasteiger partial charge in [0.15, 0.2) is 0 Å². The molecule has 1 fully saturated rings. The lowest BCUT2D eigenvalue weighted by molar-refractivity contribution is -0.130. The second-order valence-electron chi connectivity index (χ2n) is 6.16. The van der Waals surface area contributed by atoms with Gasteiger partial charge in [-0.3, -0.25) is 4.79 Å². The van der Waals surface area contributed by atoms with Crippen molar-refractivity contribution in [2.45, 2.75) is 24.4 Å². The molecule has 0 radical (unpaired) electrons. The van der Waals surface area contributed by atoms with Crippen LogP contribution in [0.15, 0.2) is 54.6 Å². The highest BCUT2D eigenvalue weighted by Crippen LogP contribution is 2.20. The van der Waals surface area contributed by atoms with Gasteiger partial charge >= 0.3 is 6.09 Å². The van der Waals surface area contributed by atoms with Crippen LogP contribution in [0.1, 0.15) is 11.1 Å². The summed E-state index contributed by atoms with van der Waals surface area (Å²) in [4.78, 5) is 23.7. The van der Waals surface area contributed by atoms with Crippen molar-refractivity contribution in [3.8, 4) is 5.75 Å². The fourth-order valence-electron chi connectivity index (χ4n) is 2.66. The monoisotopic (exact) mass is 386 g/mol. The minimum Gasteiger partial charge on any atom is -0.497 e. The van der Waals surface area contributed by atoms with E-state index in [1.165, 1.54) is 5.56 Å². The topological polar surface area (TPSA) is 76.7 Å². The number of carbonyl (C=O) groups is 2. The molecule has 3 rings (SSSR count). The summed E-state index contributed by atoms with van der Waals surface area (Å²) in [7, 11) is 1.64. The first-order valence-electron chi connectivity index (χ1n) is 8.64. The van der Waals surface area contributed by atoms with E-state index in [0.29, 0.717) is 5.75 Å². The molecule has 0 bridgehead atoms. The van der Waals surface area contributed by atoms with Gasteiger partial charge in [-0.05, 0) is 23.3 Å². The van der Waals surface area contributed by atoms with Gasteiger partial charge in [-0.15, -0.1) is 0 Å². The Morgan fingerprint density at radius 2 is 1.85 bits per heavy atom. The zero-order chi connectivity index (χ0) is 19.1. The number of ether oxygens (including phenoxy) is 2. The van der Waals surface area contributed by atoms with Gasteiger partial charge in [-0.25, -0.2) is 4.79 Å². The molecule has 1 aliphatic heterocycles. The van der Waals surface area contributed by atoms with E-state index in [-0.39, 0.29) is 18.6 Å². The van der Waals surface area contributed by atoms with Crippen LogP contribution in [0.3, 0.4) is 0 Å². The van der Waals surface area contributed by atoms with Crippen LogP contribution in [0.4, 0.5) is 4.79 Å². The van der Waals surface area contributed by atoms with Crippen LogP contribution in [0.2, 0.25) is 0 Å². The van der Waals surface area contributed by atoms with E-state index in [1.807, 2.05) is 54.6 Å². The van der Waals surface area contributed by atoms with E-state index in [4.69, 9.17) is 9.47 Å². The molecule has 1 aliphatic rings. The number of amides is 2. The zero-order valence-electron chi connectivity index (χ0n) is 15.0. The van der Waals surface area contributed by atoms with E-state index in [9.17, 15) is 9.59 Å². The van der Waals surface area contributed by atoms with Crippen molar-refractivity contribution in [2.24, 2.45) is 0 Å². The molecule has 0 saturated carbocycles. The summed E-state index contributed by atoms with van der Waals surface area (Å²) < 4.78 is 10.3. The van der Waals surface area contributed by atoms with Crippen LogP contribution in [0, 0.1) is 0 Å². The van der Waals surface area contributed by atoms with Crippen LogP contribution >= 0.6 is 11.8 Å². The predicted octanol–water partition coefficient (Wildman–Crippen LogP) is 2.72. The van der Waals surface area contributed by atoms with E-state index in [1.54, 1.807) is 18.9 Å². The van der Waals surface area contributed by atoms with Crippen LogP contribution in [-0.4, -0.2) is 36.9 Å². The van der Waals surface area contributed by atoms with Gasteiger partial charge in [0, 0.05) is 11.5 Å². The molecule has 6 nitrogen and oxygen atoms in total. The summed E-state index contributed by atoms with van der Waals surface area (Å²) in [5.41, 5.74) is 2.08. The number of nitrogens with one attached hydrogen (secondary N) is 2. The fourth-order valence-corrected chi connectivity index (χ4v) is 3.74. The second kappa shape index (κ2) is 9.32. The Morgan fingerprint density at radius 1 is 1.11 bits per heavy atom. The molecule has 7 heteroatoms. The lowest BCUT2D eigenvalue weighted by atomic mass is 10.0. The third-order valence-electron chi connectivity index (χ3n) is 4.22. The average Bonchev–Trinajstić information content (AvgIpc) is 2.71. The molecular formula is C20H22N2O4S. The summed E-state index contributed by atoms with van der Waals surface area (Å²) in [6, 6.07) is 16.7. The van der Waals surface area contributed by atoms with Gasteiger partial charge in [0.25, 0.3) is 0 Å². The van der Waals surface area contributed by atoms with Gasteiger partial charge in [0.05, 0.1) is 13.2 Å². The number of hydrogen-bond donors (Lipinski definition) is 2. The minimum atomic E-state index is -0.580. The SMILES string of the molecule is COc1ccc(CSC[C@@H]2NC(=O)[C@@H]2NC(=O)OCc2ccccc2)cc1. The highest BCUT2D eigenvalue weighted by atomic mass is 32.2. The van der Waals surface area contributed by atoms with Gasteiger partial charge in [0.1, 0.15) is 18.4 Å². The van der Waals surface area contributed by atoms with Crippen molar-refractivity contribution >= 4 is 23.8 Å². The molecule has 1 heterocycles. The quantitative estimate of drug-likeness (QED) is 0.682. The Labute approximate surface area is 162 Å². The molecule has 0 aliphatic carbocycles. The smallest absolute Gasteiger partial charge is 0.408 e. The summed E-state index contributed by atoms with van der Waals surface area (Å²) in [6.07, 6.45) is -0.580. The molecule has 27 heavy (non-hydrogen) atoms. The summed E-state index contributed by atoms with van der Waals surface area (Å²) in [6.45, 7) is 0.178. The molecule has 0 unspecified atom stereocenters. The van der Waals surface area contributed by atoms with Gasteiger partial charge in [-0.2, -0.15) is 11.8 Å². The van der Waals surface area contributed by atoms with E-state index in [0.717, 1.165) is 17.1 Å². The van der Waals surface area contributed by atoms with Crippen LogP contribution in [0.5, 0.6) is 5.75 Å². The first-order valence-corrected chi connectivity index (χ1v) is 9.79. The van der Waals surface area contributed by atoms with Crippen molar-refractivity contribution in [1.29, 1.82) is 0 Å². The molecule has 0 spiro atoms. The van der Waals surface area contributed by atoms with Gasteiger partial charge in [-0.1, -0.05) is 42.5 Å². The molecule has 2 amide bonds. The summed E-state index contributed by atoms with van der Waals surface area (Å²) in [5.74, 6) is 2.18. The lowest BCUT2D eigenvalue weighted by Crippen LogP contribution is -2.70. The summed E-state index contributed by atoms with van der Waals surface area (Å²) in [5, 5.41) is 5.47. The highest BCUT2D eigenvalue weighted by Gasteiger charge is 2.40. The lowest BCUT2D eigenvalue weighted by Gasteiger charge is -2.36. The standard InChI is InChI=1S/C20H22N2O4S/c1-25-16-9-7-15(8-10-16)12-27-13-17-18(19(23)21-17)22-20(24)26-11-14-5-3-2-4-6-14/h2-10,17-18H,11-13H2,1H3,(H,21,23)(H,22,24)/t17-,18+/m0/s1. The normalized spacial score (nSPS) is 18.2. The van der Waals surface area contributed by atoms with E-state index in [2.05, 4.69) is 10.6 Å². The largest absolute Gasteiger partial charge is 0.497 e. The average molecular weight is 386 g/mol. The fraction of sp³-hybridized carbons (Fsp3) is 0.300. The third kappa shape index (κ3) is 5.40. The predicted molar refractivity (Wildman–Crippen MR) is 105 cm³/mol. The number of alkyl carbamates (subject to hydrolysis) is 1. The highest BCUT2D eigenvalue weighted by molar-refractivity contribution is 7.98. The van der Waals surface area contributed by atoms with E-state index < -0.39 is 12.1 Å². The summed E-state index contributed by atoms with van der Waals surface area (Å²) >= 11 is 1.70. The van der Waals surface area contributed by atoms with Crippen molar-refractivity contribution in [2.75, 3.05) is 12.9 Å². The molecule has 2 aromatic rings. The Kier molecular flexibility index (Phi) is 6.59. The van der Waals surface area contributed by atoms with Crippen molar-refractivity contribution in [1.82, 2.24) is 10.6 Å². The molecule has 2 N–H and O–H groups in total.